The van der Waals surface area contributed by atoms with Crippen LogP contribution in [-0.2, 0) is 9.84 Å². The van der Waals surface area contributed by atoms with Crippen molar-refractivity contribution in [2.75, 3.05) is 6.54 Å². The standard InChI is InChI=1S/C22H18N2O3S2/c25-22(19-10-3-7-16-6-1-2-9-18(16)19)24-15-20(17-8-4-12-23-14-17)29(26,27)21-11-5-13-28-21/h1-14,20H,15H2,(H,24,25). The number of aromatic nitrogens is 1. The third-order valence-electron chi connectivity index (χ3n) is 4.69. The lowest BCUT2D eigenvalue weighted by molar-refractivity contribution is 0.0955. The van der Waals surface area contributed by atoms with E-state index in [9.17, 15) is 13.2 Å². The number of benzene rings is 2. The van der Waals surface area contributed by atoms with Crippen LogP contribution in [0.3, 0.4) is 0 Å². The van der Waals surface area contributed by atoms with Crippen LogP contribution < -0.4 is 5.32 Å². The van der Waals surface area contributed by atoms with Gasteiger partial charge in [0, 0.05) is 24.5 Å². The lowest BCUT2D eigenvalue weighted by Crippen LogP contribution is -2.32. The number of thiophene rings is 1. The fourth-order valence-corrected chi connectivity index (χ4v) is 6.09. The van der Waals surface area contributed by atoms with Gasteiger partial charge in [0.25, 0.3) is 5.91 Å². The van der Waals surface area contributed by atoms with E-state index in [1.807, 2.05) is 36.4 Å². The van der Waals surface area contributed by atoms with E-state index < -0.39 is 15.1 Å². The predicted molar refractivity (Wildman–Crippen MR) is 115 cm³/mol. The van der Waals surface area contributed by atoms with Crippen molar-refractivity contribution < 1.29 is 13.2 Å². The fourth-order valence-electron chi connectivity index (χ4n) is 3.24. The zero-order valence-electron chi connectivity index (χ0n) is 15.4. The lowest BCUT2D eigenvalue weighted by atomic mass is 10.0. The monoisotopic (exact) mass is 422 g/mol. The molecule has 5 nitrogen and oxygen atoms in total. The van der Waals surface area contributed by atoms with Crippen molar-refractivity contribution >= 4 is 37.9 Å². The first-order valence-electron chi connectivity index (χ1n) is 9.00. The summed E-state index contributed by atoms with van der Waals surface area (Å²) in [5, 5.41) is 5.40. The molecule has 1 unspecified atom stereocenters. The minimum Gasteiger partial charge on any atom is -0.350 e. The van der Waals surface area contributed by atoms with E-state index in [0.717, 1.165) is 22.1 Å². The van der Waals surface area contributed by atoms with Crippen LogP contribution in [0.4, 0.5) is 0 Å². The predicted octanol–water partition coefficient (Wildman–Crippen LogP) is 4.24. The summed E-state index contributed by atoms with van der Waals surface area (Å²) in [4.78, 5) is 16.9. The number of pyridine rings is 1. The lowest BCUT2D eigenvalue weighted by Gasteiger charge is -2.18. The van der Waals surface area contributed by atoms with E-state index in [4.69, 9.17) is 0 Å². The van der Waals surface area contributed by atoms with Crippen LogP contribution >= 0.6 is 11.3 Å². The van der Waals surface area contributed by atoms with Crippen molar-refractivity contribution in [3.8, 4) is 0 Å². The number of nitrogens with zero attached hydrogens (tertiary/aromatic N) is 1. The van der Waals surface area contributed by atoms with Crippen molar-refractivity contribution in [3.05, 3.63) is 95.6 Å². The molecule has 29 heavy (non-hydrogen) atoms. The van der Waals surface area contributed by atoms with Crippen LogP contribution in [0.15, 0.2) is 88.7 Å². The average molecular weight is 423 g/mol. The Balaban J connectivity index is 1.64. The smallest absolute Gasteiger partial charge is 0.251 e. The Morgan fingerprint density at radius 2 is 1.83 bits per heavy atom. The van der Waals surface area contributed by atoms with E-state index in [2.05, 4.69) is 10.3 Å². The van der Waals surface area contributed by atoms with Gasteiger partial charge in [-0.05, 0) is 39.9 Å². The van der Waals surface area contributed by atoms with Gasteiger partial charge in [0.1, 0.15) is 9.46 Å². The number of sulfone groups is 1. The van der Waals surface area contributed by atoms with E-state index in [-0.39, 0.29) is 16.7 Å². The maximum absolute atomic E-state index is 13.2. The second-order valence-electron chi connectivity index (χ2n) is 6.49. The molecule has 0 spiro atoms. The van der Waals surface area contributed by atoms with Crippen LogP contribution in [0, 0.1) is 0 Å². The largest absolute Gasteiger partial charge is 0.350 e. The van der Waals surface area contributed by atoms with Crippen molar-refractivity contribution in [2.45, 2.75) is 9.46 Å². The Bertz CT molecular complexity index is 1230. The molecule has 2 aromatic carbocycles. The second kappa shape index (κ2) is 8.14. The molecule has 1 N–H and O–H groups in total. The van der Waals surface area contributed by atoms with E-state index in [1.54, 1.807) is 41.9 Å². The highest BCUT2D eigenvalue weighted by atomic mass is 32.2. The normalized spacial score (nSPS) is 12.6. The average Bonchev–Trinajstić information content (AvgIpc) is 3.30. The van der Waals surface area contributed by atoms with Gasteiger partial charge < -0.3 is 5.32 Å². The highest BCUT2D eigenvalue weighted by molar-refractivity contribution is 7.93. The zero-order chi connectivity index (χ0) is 20.3. The summed E-state index contributed by atoms with van der Waals surface area (Å²) in [5.41, 5.74) is 1.06. The Morgan fingerprint density at radius 1 is 1.00 bits per heavy atom. The van der Waals surface area contributed by atoms with Gasteiger partial charge in [-0.3, -0.25) is 9.78 Å². The Kier molecular flexibility index (Phi) is 5.42. The van der Waals surface area contributed by atoms with Gasteiger partial charge in [0.05, 0.1) is 0 Å². The maximum Gasteiger partial charge on any atom is 0.251 e. The number of hydrogen-bond donors (Lipinski definition) is 1. The van der Waals surface area contributed by atoms with Gasteiger partial charge in [-0.25, -0.2) is 8.42 Å². The van der Waals surface area contributed by atoms with Gasteiger partial charge >= 0.3 is 0 Å². The summed E-state index contributed by atoms with van der Waals surface area (Å²) in [6, 6.07) is 19.8. The number of carbonyl (C=O) groups excluding carboxylic acids is 1. The van der Waals surface area contributed by atoms with E-state index in [1.165, 1.54) is 6.20 Å². The van der Waals surface area contributed by atoms with Gasteiger partial charge in [-0.1, -0.05) is 48.5 Å². The van der Waals surface area contributed by atoms with E-state index in [0.29, 0.717) is 11.1 Å². The quantitative estimate of drug-likeness (QED) is 0.504. The third-order valence-corrected chi connectivity index (χ3v) is 8.22. The maximum atomic E-state index is 13.2. The van der Waals surface area contributed by atoms with Gasteiger partial charge in [-0.15, -0.1) is 11.3 Å². The molecule has 4 aromatic rings. The molecule has 0 saturated heterocycles. The SMILES string of the molecule is O=C(NCC(c1cccnc1)S(=O)(=O)c1cccs1)c1cccc2ccccc12. The summed E-state index contributed by atoms with van der Waals surface area (Å²) >= 11 is 1.16. The number of amides is 1. The van der Waals surface area contributed by atoms with Crippen LogP contribution in [-0.4, -0.2) is 25.9 Å². The number of fused-ring (bicyclic) bond motifs is 1. The minimum atomic E-state index is -3.67. The summed E-state index contributed by atoms with van der Waals surface area (Å²) in [7, 11) is -3.67. The van der Waals surface area contributed by atoms with Gasteiger partial charge in [0.15, 0.2) is 9.84 Å². The number of hydrogen-bond acceptors (Lipinski definition) is 5. The molecule has 1 atom stereocenters. The fraction of sp³-hybridized carbons (Fsp3) is 0.0909. The minimum absolute atomic E-state index is 0.0476. The molecule has 0 fully saturated rings. The van der Waals surface area contributed by atoms with Crippen LogP contribution in [0.25, 0.3) is 10.8 Å². The number of nitrogens with one attached hydrogen (secondary N) is 1. The summed E-state index contributed by atoms with van der Waals surface area (Å²) in [6.07, 6.45) is 3.12. The van der Waals surface area contributed by atoms with Crippen molar-refractivity contribution in [1.29, 1.82) is 0 Å². The van der Waals surface area contributed by atoms with Crippen molar-refractivity contribution in [1.82, 2.24) is 10.3 Å². The van der Waals surface area contributed by atoms with Crippen LogP contribution in [0.2, 0.25) is 0 Å². The molecule has 2 aromatic heterocycles. The molecule has 0 aliphatic rings. The molecule has 0 saturated carbocycles. The zero-order valence-corrected chi connectivity index (χ0v) is 17.0. The molecule has 2 heterocycles. The molecule has 0 radical (unpaired) electrons. The second-order valence-corrected chi connectivity index (χ2v) is 9.79. The van der Waals surface area contributed by atoms with E-state index >= 15 is 0 Å². The summed E-state index contributed by atoms with van der Waals surface area (Å²) in [5.74, 6) is -0.308. The number of carbonyl (C=O) groups is 1. The third kappa shape index (κ3) is 3.92. The summed E-state index contributed by atoms with van der Waals surface area (Å²) < 4.78 is 26.6. The highest BCUT2D eigenvalue weighted by Gasteiger charge is 2.30. The van der Waals surface area contributed by atoms with Crippen LogP contribution in [0.5, 0.6) is 0 Å². The molecule has 0 bridgehead atoms. The number of rotatable bonds is 6. The van der Waals surface area contributed by atoms with Crippen molar-refractivity contribution in [2.24, 2.45) is 0 Å². The molecular weight excluding hydrogens is 404 g/mol. The molecule has 7 heteroatoms. The topological polar surface area (TPSA) is 76.1 Å². The first kappa shape index (κ1) is 19.3. The van der Waals surface area contributed by atoms with Gasteiger partial charge in [0.2, 0.25) is 0 Å². The first-order valence-corrected chi connectivity index (χ1v) is 11.4. The highest BCUT2D eigenvalue weighted by Crippen LogP contribution is 2.31. The molecular formula is C22H18N2O3S2. The van der Waals surface area contributed by atoms with Crippen molar-refractivity contribution in [3.63, 3.8) is 0 Å². The molecule has 1 amide bonds. The molecule has 4 rings (SSSR count). The van der Waals surface area contributed by atoms with Gasteiger partial charge in [-0.2, -0.15) is 0 Å². The molecule has 146 valence electrons. The Hall–Kier alpha value is -3.03. The van der Waals surface area contributed by atoms with Crippen LogP contribution in [0.1, 0.15) is 21.2 Å². The molecule has 0 aliphatic carbocycles. The first-order chi connectivity index (χ1) is 14.1. The summed E-state index contributed by atoms with van der Waals surface area (Å²) in [6.45, 7) is -0.0476. The molecule has 0 aliphatic heterocycles. The Morgan fingerprint density at radius 3 is 2.59 bits per heavy atom. The Labute approximate surface area is 173 Å².